The Morgan fingerprint density at radius 2 is 1.92 bits per heavy atom. The smallest absolute Gasteiger partial charge is 0.232 e. The molecule has 4 rings (SSSR count). The molecule has 7 heteroatoms. The molecule has 0 spiro atoms. The van der Waals surface area contributed by atoms with Crippen LogP contribution >= 0.6 is 15.9 Å². The number of carbonyl (C=O) groups excluding carboxylic acids is 1. The van der Waals surface area contributed by atoms with Crippen LogP contribution in [0, 0.1) is 5.82 Å². The summed E-state index contributed by atoms with van der Waals surface area (Å²) in [7, 11) is 0. The van der Waals surface area contributed by atoms with Gasteiger partial charge in [-0.05, 0) is 36.4 Å². The normalized spacial score (nSPS) is 17.3. The molecule has 3 aromatic rings. The minimum absolute atomic E-state index is 0.154. The zero-order chi connectivity index (χ0) is 17.4. The Hall–Kier alpha value is -2.54. The van der Waals surface area contributed by atoms with E-state index in [2.05, 4.69) is 26.1 Å². The maximum Gasteiger partial charge on any atom is 0.232 e. The molecule has 1 fully saturated rings. The average Bonchev–Trinajstić information content (AvgIpc) is 3.23. The van der Waals surface area contributed by atoms with Gasteiger partial charge in [-0.25, -0.2) is 4.39 Å². The van der Waals surface area contributed by atoms with Gasteiger partial charge in [0.25, 0.3) is 0 Å². The van der Waals surface area contributed by atoms with Gasteiger partial charge in [-0.1, -0.05) is 33.2 Å². The summed E-state index contributed by atoms with van der Waals surface area (Å²) < 4.78 is 20.3. The maximum absolute atomic E-state index is 14.0. The topological polar surface area (TPSA) is 59.2 Å². The highest BCUT2D eigenvalue weighted by molar-refractivity contribution is 9.10. The van der Waals surface area contributed by atoms with Crippen LogP contribution in [-0.2, 0) is 4.79 Å². The highest BCUT2D eigenvalue weighted by Gasteiger charge is 2.36. The molecular weight excluding hydrogens is 389 g/mol. The lowest BCUT2D eigenvalue weighted by atomic mass is 10.1. The minimum Gasteiger partial charge on any atom is -0.339 e. The van der Waals surface area contributed by atoms with Gasteiger partial charge in [-0.2, -0.15) is 4.98 Å². The van der Waals surface area contributed by atoms with E-state index in [4.69, 9.17) is 4.52 Å². The zero-order valence-corrected chi connectivity index (χ0v) is 14.6. The van der Waals surface area contributed by atoms with Crippen molar-refractivity contribution in [2.45, 2.75) is 12.3 Å². The monoisotopic (exact) mass is 401 g/mol. The van der Waals surface area contributed by atoms with Crippen LogP contribution in [0.25, 0.3) is 11.4 Å². The minimum atomic E-state index is -0.419. The number of amides is 1. The van der Waals surface area contributed by atoms with Crippen LogP contribution in [0.1, 0.15) is 18.2 Å². The summed E-state index contributed by atoms with van der Waals surface area (Å²) in [5.74, 6) is 0.0456. The molecule has 2 heterocycles. The van der Waals surface area contributed by atoms with Crippen molar-refractivity contribution in [2.75, 3.05) is 11.4 Å². The number of hydrogen-bond acceptors (Lipinski definition) is 4. The van der Waals surface area contributed by atoms with Gasteiger partial charge in [0.05, 0.1) is 11.6 Å². The lowest BCUT2D eigenvalue weighted by Gasteiger charge is -2.16. The number of halogens is 2. The van der Waals surface area contributed by atoms with Gasteiger partial charge in [0.1, 0.15) is 5.82 Å². The van der Waals surface area contributed by atoms with E-state index in [9.17, 15) is 9.18 Å². The summed E-state index contributed by atoms with van der Waals surface area (Å²) in [5, 5.41) is 4.00. The SMILES string of the molecule is O=C1CC(c2nc(-c3ccc(Br)cc3)no2)CN1c1ccccc1F. The molecule has 2 aromatic carbocycles. The average molecular weight is 402 g/mol. The number of para-hydroxylation sites is 1. The van der Waals surface area contributed by atoms with Crippen LogP contribution in [0.3, 0.4) is 0 Å². The highest BCUT2D eigenvalue weighted by atomic mass is 79.9. The lowest BCUT2D eigenvalue weighted by molar-refractivity contribution is -0.117. The number of benzene rings is 2. The van der Waals surface area contributed by atoms with E-state index in [1.165, 1.54) is 11.0 Å². The molecule has 5 nitrogen and oxygen atoms in total. The van der Waals surface area contributed by atoms with Crippen LogP contribution in [0.5, 0.6) is 0 Å². The van der Waals surface area contributed by atoms with E-state index >= 15 is 0 Å². The van der Waals surface area contributed by atoms with E-state index in [1.54, 1.807) is 18.2 Å². The van der Waals surface area contributed by atoms with Crippen molar-refractivity contribution in [2.24, 2.45) is 0 Å². The summed E-state index contributed by atoms with van der Waals surface area (Å²) in [6.07, 6.45) is 0.219. The first-order valence-electron chi connectivity index (χ1n) is 7.76. The zero-order valence-electron chi connectivity index (χ0n) is 13.0. The van der Waals surface area contributed by atoms with Crippen LogP contribution in [-0.4, -0.2) is 22.6 Å². The third-order valence-corrected chi connectivity index (χ3v) is 4.69. The van der Waals surface area contributed by atoms with Crippen LogP contribution in [0.2, 0.25) is 0 Å². The second kappa shape index (κ2) is 6.40. The number of anilines is 1. The van der Waals surface area contributed by atoms with Crippen molar-refractivity contribution in [1.29, 1.82) is 0 Å². The molecule has 0 radical (unpaired) electrons. The molecule has 0 N–H and O–H groups in total. The fourth-order valence-electron chi connectivity index (χ4n) is 2.89. The Labute approximate surface area is 151 Å². The Kier molecular flexibility index (Phi) is 4.09. The summed E-state index contributed by atoms with van der Waals surface area (Å²) in [4.78, 5) is 18.1. The predicted molar refractivity (Wildman–Crippen MR) is 93.5 cm³/mol. The van der Waals surface area contributed by atoms with Crippen molar-refractivity contribution in [1.82, 2.24) is 10.1 Å². The van der Waals surface area contributed by atoms with Crippen molar-refractivity contribution < 1.29 is 13.7 Å². The Morgan fingerprint density at radius 1 is 1.16 bits per heavy atom. The molecule has 0 aliphatic carbocycles. The summed E-state index contributed by atoms with van der Waals surface area (Å²) in [5.41, 5.74) is 1.11. The van der Waals surface area contributed by atoms with Crippen LogP contribution < -0.4 is 4.90 Å². The standard InChI is InChI=1S/C18H13BrFN3O2/c19-13-7-5-11(6-8-13)17-21-18(25-22-17)12-9-16(24)23(10-12)15-4-2-1-3-14(15)20/h1-8,12H,9-10H2. The summed E-state index contributed by atoms with van der Waals surface area (Å²) in [6, 6.07) is 13.8. The number of carbonyl (C=O) groups is 1. The Balaban J connectivity index is 1.57. The van der Waals surface area contributed by atoms with E-state index in [0.29, 0.717) is 18.3 Å². The fraction of sp³-hybridized carbons (Fsp3) is 0.167. The molecule has 0 bridgehead atoms. The van der Waals surface area contributed by atoms with E-state index in [-0.39, 0.29) is 23.9 Å². The van der Waals surface area contributed by atoms with Gasteiger partial charge in [-0.3, -0.25) is 4.79 Å². The third-order valence-electron chi connectivity index (χ3n) is 4.16. The Bertz CT molecular complexity index is 926. The van der Waals surface area contributed by atoms with E-state index < -0.39 is 5.82 Å². The van der Waals surface area contributed by atoms with Crippen molar-refractivity contribution >= 4 is 27.5 Å². The first-order valence-corrected chi connectivity index (χ1v) is 8.55. The molecule has 1 aliphatic rings. The highest BCUT2D eigenvalue weighted by Crippen LogP contribution is 2.33. The van der Waals surface area contributed by atoms with Crippen molar-refractivity contribution in [3.05, 3.63) is 64.7 Å². The summed E-state index contributed by atoms with van der Waals surface area (Å²) in [6.45, 7) is 0.321. The molecule has 1 saturated heterocycles. The van der Waals surface area contributed by atoms with Crippen LogP contribution in [0.15, 0.2) is 57.5 Å². The molecule has 1 aliphatic heterocycles. The first-order chi connectivity index (χ1) is 12.1. The van der Waals surface area contributed by atoms with E-state index in [0.717, 1.165) is 10.0 Å². The second-order valence-electron chi connectivity index (χ2n) is 5.82. The second-order valence-corrected chi connectivity index (χ2v) is 6.74. The molecule has 1 aromatic heterocycles. The molecule has 1 unspecified atom stereocenters. The van der Waals surface area contributed by atoms with Gasteiger partial charge in [0, 0.05) is 23.0 Å². The molecule has 25 heavy (non-hydrogen) atoms. The number of nitrogens with zero attached hydrogens (tertiary/aromatic N) is 3. The number of rotatable bonds is 3. The third kappa shape index (κ3) is 3.07. The van der Waals surface area contributed by atoms with Gasteiger partial charge in [0.2, 0.25) is 17.6 Å². The van der Waals surface area contributed by atoms with Gasteiger partial charge < -0.3 is 9.42 Å². The molecule has 1 atom stereocenters. The largest absolute Gasteiger partial charge is 0.339 e. The predicted octanol–water partition coefficient (Wildman–Crippen LogP) is 4.16. The molecule has 126 valence electrons. The van der Waals surface area contributed by atoms with E-state index in [1.807, 2.05) is 24.3 Å². The summed E-state index contributed by atoms with van der Waals surface area (Å²) >= 11 is 3.38. The molecule has 0 saturated carbocycles. The van der Waals surface area contributed by atoms with Gasteiger partial charge in [0.15, 0.2) is 0 Å². The van der Waals surface area contributed by atoms with Gasteiger partial charge in [-0.15, -0.1) is 0 Å². The number of hydrogen-bond donors (Lipinski definition) is 0. The first kappa shape index (κ1) is 16.0. The fourth-order valence-corrected chi connectivity index (χ4v) is 3.16. The molecule has 1 amide bonds. The van der Waals surface area contributed by atoms with Crippen molar-refractivity contribution in [3.8, 4) is 11.4 Å². The van der Waals surface area contributed by atoms with Crippen LogP contribution in [0.4, 0.5) is 10.1 Å². The van der Waals surface area contributed by atoms with Crippen molar-refractivity contribution in [3.63, 3.8) is 0 Å². The van der Waals surface area contributed by atoms with Gasteiger partial charge >= 0.3 is 0 Å². The lowest BCUT2D eigenvalue weighted by Crippen LogP contribution is -2.25. The maximum atomic E-state index is 14.0. The number of aromatic nitrogens is 2. The quantitative estimate of drug-likeness (QED) is 0.660. The Morgan fingerprint density at radius 3 is 2.68 bits per heavy atom. The molecular formula is C18H13BrFN3O2.